The summed E-state index contributed by atoms with van der Waals surface area (Å²) < 4.78 is 5.77. The predicted octanol–water partition coefficient (Wildman–Crippen LogP) is 5.34. The summed E-state index contributed by atoms with van der Waals surface area (Å²) in [6.45, 7) is 1.87. The molecule has 6 nitrogen and oxygen atoms in total. The van der Waals surface area contributed by atoms with Crippen LogP contribution in [0.2, 0.25) is 15.1 Å². The minimum absolute atomic E-state index is 0.154. The van der Waals surface area contributed by atoms with E-state index in [1.165, 1.54) is 6.21 Å². The third kappa shape index (κ3) is 5.39. The van der Waals surface area contributed by atoms with Gasteiger partial charge in [0.1, 0.15) is 17.2 Å². The van der Waals surface area contributed by atoms with Crippen LogP contribution in [0.15, 0.2) is 41.5 Å². The van der Waals surface area contributed by atoms with Gasteiger partial charge in [0, 0.05) is 10.6 Å². The maximum atomic E-state index is 12.1. The third-order valence-electron chi connectivity index (χ3n) is 3.78. The average Bonchev–Trinajstić information content (AvgIpc) is 3.03. The Morgan fingerprint density at radius 3 is 2.76 bits per heavy atom. The number of carbonyl (C=O) groups excluding carboxylic acids is 1. The molecule has 0 aliphatic rings. The summed E-state index contributed by atoms with van der Waals surface area (Å²) in [6.07, 6.45) is 1.50. The van der Waals surface area contributed by atoms with Crippen LogP contribution in [0.4, 0.5) is 5.13 Å². The second-order valence-electron chi connectivity index (χ2n) is 5.85. The first kappa shape index (κ1) is 21.4. The molecule has 0 aliphatic carbocycles. The zero-order valence-electron chi connectivity index (χ0n) is 15.1. The van der Waals surface area contributed by atoms with Crippen molar-refractivity contribution in [3.63, 3.8) is 0 Å². The lowest BCUT2D eigenvalue weighted by molar-refractivity contribution is 0.0958. The van der Waals surface area contributed by atoms with Crippen molar-refractivity contribution in [1.82, 2.24) is 10.4 Å². The predicted molar refractivity (Wildman–Crippen MR) is 119 cm³/mol. The van der Waals surface area contributed by atoms with Gasteiger partial charge in [0.15, 0.2) is 5.13 Å². The highest BCUT2D eigenvalue weighted by Gasteiger charge is 2.13. The summed E-state index contributed by atoms with van der Waals surface area (Å²) in [6, 6.07) is 10.5. The minimum Gasteiger partial charge on any atom is -0.489 e. The van der Waals surface area contributed by atoms with Gasteiger partial charge in [0.2, 0.25) is 0 Å². The number of nitrogens with two attached hydrogens (primary N) is 1. The van der Waals surface area contributed by atoms with E-state index in [2.05, 4.69) is 15.5 Å². The molecule has 0 saturated carbocycles. The summed E-state index contributed by atoms with van der Waals surface area (Å²) in [4.78, 5) is 16.6. The molecule has 0 aliphatic heterocycles. The number of halogens is 3. The number of aromatic nitrogens is 1. The van der Waals surface area contributed by atoms with Gasteiger partial charge in [-0.1, -0.05) is 58.3 Å². The molecular weight excluding hydrogens is 455 g/mol. The largest absolute Gasteiger partial charge is 0.489 e. The van der Waals surface area contributed by atoms with E-state index in [1.807, 2.05) is 6.07 Å². The standard InChI is InChI=1S/C19H15Cl3N4O2S/c1-10-17(29-19(23)25-10)18(27)26-24-8-11-3-2-4-12(7-11)28-9-13-14(20)5-6-15(21)16(13)22/h2-8H,9H2,1H3,(H2,23,25)(H,26,27). The Morgan fingerprint density at radius 2 is 2.03 bits per heavy atom. The van der Waals surface area contributed by atoms with Crippen molar-refractivity contribution < 1.29 is 9.53 Å². The first-order valence-electron chi connectivity index (χ1n) is 8.26. The second kappa shape index (κ2) is 9.45. The molecule has 10 heteroatoms. The van der Waals surface area contributed by atoms with E-state index < -0.39 is 0 Å². The molecule has 150 valence electrons. The van der Waals surface area contributed by atoms with Crippen LogP contribution >= 0.6 is 46.1 Å². The number of nitrogens with zero attached hydrogens (tertiary/aromatic N) is 2. The third-order valence-corrected chi connectivity index (χ3v) is 5.96. The molecule has 0 unspecified atom stereocenters. The maximum absolute atomic E-state index is 12.1. The number of benzene rings is 2. The van der Waals surface area contributed by atoms with Crippen LogP contribution in [-0.2, 0) is 6.61 Å². The molecule has 0 fully saturated rings. The molecule has 0 spiro atoms. The Labute approximate surface area is 186 Å². The van der Waals surface area contributed by atoms with Crippen LogP contribution in [0.25, 0.3) is 0 Å². The monoisotopic (exact) mass is 468 g/mol. The van der Waals surface area contributed by atoms with Crippen molar-refractivity contribution in [3.8, 4) is 5.75 Å². The molecule has 29 heavy (non-hydrogen) atoms. The Kier molecular flexibility index (Phi) is 6.97. The van der Waals surface area contributed by atoms with Gasteiger partial charge in [0.25, 0.3) is 5.91 Å². The Bertz CT molecular complexity index is 1090. The van der Waals surface area contributed by atoms with Crippen LogP contribution in [0, 0.1) is 6.92 Å². The Balaban J connectivity index is 1.64. The molecule has 0 atom stereocenters. The van der Waals surface area contributed by atoms with Crippen molar-refractivity contribution in [2.24, 2.45) is 5.10 Å². The number of ether oxygens (including phenoxy) is 1. The first-order valence-corrected chi connectivity index (χ1v) is 10.2. The fourth-order valence-electron chi connectivity index (χ4n) is 2.39. The summed E-state index contributed by atoms with van der Waals surface area (Å²) in [7, 11) is 0. The van der Waals surface area contributed by atoms with Crippen molar-refractivity contribution >= 4 is 63.4 Å². The number of hydrazone groups is 1. The van der Waals surface area contributed by atoms with Crippen LogP contribution < -0.4 is 15.9 Å². The van der Waals surface area contributed by atoms with Crippen molar-refractivity contribution in [1.29, 1.82) is 0 Å². The van der Waals surface area contributed by atoms with E-state index in [9.17, 15) is 4.79 Å². The van der Waals surface area contributed by atoms with E-state index in [0.717, 1.165) is 16.9 Å². The number of amides is 1. The number of hydrogen-bond acceptors (Lipinski definition) is 6. The van der Waals surface area contributed by atoms with Crippen LogP contribution in [0.5, 0.6) is 5.75 Å². The molecule has 3 rings (SSSR count). The number of aryl methyl sites for hydroxylation is 1. The summed E-state index contributed by atoms with van der Waals surface area (Å²) in [5.74, 6) is 0.212. The van der Waals surface area contributed by atoms with Gasteiger partial charge in [0.05, 0.1) is 22.0 Å². The number of carbonyl (C=O) groups is 1. The Morgan fingerprint density at radius 1 is 1.28 bits per heavy atom. The van der Waals surface area contributed by atoms with Gasteiger partial charge in [-0.15, -0.1) is 0 Å². The topological polar surface area (TPSA) is 89.6 Å². The zero-order chi connectivity index (χ0) is 21.0. The Hall–Kier alpha value is -2.32. The van der Waals surface area contributed by atoms with E-state index >= 15 is 0 Å². The smallest absolute Gasteiger partial charge is 0.283 e. The number of anilines is 1. The zero-order valence-corrected chi connectivity index (χ0v) is 18.2. The van der Waals surface area contributed by atoms with E-state index in [4.69, 9.17) is 45.3 Å². The van der Waals surface area contributed by atoms with E-state index in [1.54, 1.807) is 37.3 Å². The number of rotatable bonds is 6. The van der Waals surface area contributed by atoms with Gasteiger partial charge in [-0.25, -0.2) is 10.4 Å². The van der Waals surface area contributed by atoms with Crippen molar-refractivity contribution in [2.45, 2.75) is 13.5 Å². The second-order valence-corrected chi connectivity index (χ2v) is 8.07. The quantitative estimate of drug-likeness (QED) is 0.290. The number of hydrogen-bond donors (Lipinski definition) is 2. The molecule has 3 N–H and O–H groups in total. The lowest BCUT2D eigenvalue weighted by Crippen LogP contribution is -2.17. The van der Waals surface area contributed by atoms with Gasteiger partial charge < -0.3 is 10.5 Å². The molecule has 0 bridgehead atoms. The number of thiazole rings is 1. The SMILES string of the molecule is Cc1nc(N)sc1C(=O)NN=Cc1cccc(OCc2c(Cl)ccc(Cl)c2Cl)c1. The molecule has 1 amide bonds. The molecule has 0 radical (unpaired) electrons. The molecule has 2 aromatic carbocycles. The molecule has 3 aromatic rings. The molecule has 1 heterocycles. The fraction of sp³-hybridized carbons (Fsp3) is 0.105. The van der Waals surface area contributed by atoms with Crippen LogP contribution in [0.3, 0.4) is 0 Å². The highest BCUT2D eigenvalue weighted by molar-refractivity contribution is 7.17. The lowest BCUT2D eigenvalue weighted by atomic mass is 10.2. The molecule has 1 aromatic heterocycles. The van der Waals surface area contributed by atoms with E-state index in [0.29, 0.717) is 42.1 Å². The highest BCUT2D eigenvalue weighted by Crippen LogP contribution is 2.32. The minimum atomic E-state index is -0.370. The summed E-state index contributed by atoms with van der Waals surface area (Å²) >= 11 is 19.5. The van der Waals surface area contributed by atoms with Crippen molar-refractivity contribution in [3.05, 3.63) is 73.2 Å². The van der Waals surface area contributed by atoms with Crippen LogP contribution in [-0.4, -0.2) is 17.1 Å². The van der Waals surface area contributed by atoms with Crippen molar-refractivity contribution in [2.75, 3.05) is 5.73 Å². The van der Waals surface area contributed by atoms with Gasteiger partial charge >= 0.3 is 0 Å². The van der Waals surface area contributed by atoms with E-state index in [-0.39, 0.29) is 12.5 Å². The van der Waals surface area contributed by atoms with Crippen LogP contribution in [0.1, 0.15) is 26.5 Å². The van der Waals surface area contributed by atoms with Gasteiger partial charge in [-0.2, -0.15) is 5.10 Å². The van der Waals surface area contributed by atoms with Gasteiger partial charge in [-0.3, -0.25) is 4.79 Å². The highest BCUT2D eigenvalue weighted by atomic mass is 35.5. The molecular formula is C19H15Cl3N4O2S. The molecule has 0 saturated heterocycles. The fourth-order valence-corrected chi connectivity index (χ4v) is 3.77. The average molecular weight is 470 g/mol. The summed E-state index contributed by atoms with van der Waals surface area (Å²) in [5, 5.41) is 5.54. The maximum Gasteiger partial charge on any atom is 0.283 e. The number of nitrogens with one attached hydrogen (secondary N) is 1. The summed E-state index contributed by atoms with van der Waals surface area (Å²) in [5.41, 5.74) is 9.95. The normalized spacial score (nSPS) is 11.0. The lowest BCUT2D eigenvalue weighted by Gasteiger charge is -2.11. The number of nitrogen functional groups attached to an aromatic ring is 1. The first-order chi connectivity index (χ1) is 13.8. The van der Waals surface area contributed by atoms with Gasteiger partial charge in [-0.05, 0) is 36.8 Å².